The van der Waals surface area contributed by atoms with E-state index >= 15 is 0 Å². The average molecular weight is 310 g/mol. The van der Waals surface area contributed by atoms with Crippen LogP contribution >= 0.6 is 11.3 Å². The number of nitrogens with one attached hydrogen (secondary N) is 2. The van der Waals surface area contributed by atoms with Gasteiger partial charge < -0.3 is 5.32 Å². The van der Waals surface area contributed by atoms with Crippen LogP contribution in [0.15, 0.2) is 23.1 Å². The Morgan fingerprint density at radius 2 is 2.20 bits per heavy atom. The predicted molar refractivity (Wildman–Crippen MR) is 78.7 cm³/mol. The fourth-order valence-corrected chi connectivity index (χ4v) is 4.00. The third-order valence-electron chi connectivity index (χ3n) is 3.07. The maximum absolute atomic E-state index is 12.3. The van der Waals surface area contributed by atoms with Crippen molar-refractivity contribution in [3.8, 4) is 0 Å². The van der Waals surface area contributed by atoms with Gasteiger partial charge in [0.1, 0.15) is 5.01 Å². The standard InChI is InChI=1S/C12H14N4O2S2/c1-8-14-15-12(19-8)16-20(17,18)10-4-5-11-9(7-10)3-2-6-13-11/h4-5,7,13H,2-3,6H2,1H3,(H,15,16). The van der Waals surface area contributed by atoms with Gasteiger partial charge in [-0.25, -0.2) is 8.42 Å². The summed E-state index contributed by atoms with van der Waals surface area (Å²) in [6, 6.07) is 5.14. The van der Waals surface area contributed by atoms with Gasteiger partial charge in [-0.1, -0.05) is 11.3 Å². The molecule has 0 aliphatic carbocycles. The quantitative estimate of drug-likeness (QED) is 0.906. The number of aromatic nitrogens is 2. The molecule has 8 heteroatoms. The second-order valence-electron chi connectivity index (χ2n) is 4.58. The Balaban J connectivity index is 1.91. The lowest BCUT2D eigenvalue weighted by Gasteiger charge is -2.18. The van der Waals surface area contributed by atoms with Crippen LogP contribution in [-0.4, -0.2) is 25.2 Å². The molecule has 106 valence electrons. The second-order valence-corrected chi connectivity index (χ2v) is 7.45. The number of hydrogen-bond donors (Lipinski definition) is 2. The highest BCUT2D eigenvalue weighted by Gasteiger charge is 2.19. The van der Waals surface area contributed by atoms with Crippen molar-refractivity contribution in [2.75, 3.05) is 16.6 Å². The first-order valence-electron chi connectivity index (χ1n) is 6.24. The van der Waals surface area contributed by atoms with Gasteiger partial charge in [0.2, 0.25) is 5.13 Å². The fraction of sp³-hybridized carbons (Fsp3) is 0.333. The molecule has 0 saturated carbocycles. The summed E-state index contributed by atoms with van der Waals surface area (Å²) in [5.41, 5.74) is 2.05. The van der Waals surface area contributed by atoms with E-state index < -0.39 is 10.0 Å². The molecule has 1 aromatic carbocycles. The minimum Gasteiger partial charge on any atom is -0.385 e. The predicted octanol–water partition coefficient (Wildman–Crippen LogP) is 2.01. The number of hydrogen-bond acceptors (Lipinski definition) is 6. The zero-order valence-corrected chi connectivity index (χ0v) is 12.5. The Hall–Kier alpha value is -1.67. The van der Waals surface area contributed by atoms with Crippen molar-refractivity contribution in [3.63, 3.8) is 0 Å². The van der Waals surface area contributed by atoms with E-state index in [-0.39, 0.29) is 4.90 Å². The summed E-state index contributed by atoms with van der Waals surface area (Å²) in [7, 11) is -3.60. The fourth-order valence-electron chi connectivity index (χ4n) is 2.13. The molecule has 0 bridgehead atoms. The van der Waals surface area contributed by atoms with Crippen molar-refractivity contribution in [1.29, 1.82) is 0 Å². The van der Waals surface area contributed by atoms with Crippen LogP contribution in [-0.2, 0) is 16.4 Å². The zero-order valence-electron chi connectivity index (χ0n) is 10.9. The number of nitrogens with zero attached hydrogens (tertiary/aromatic N) is 2. The highest BCUT2D eigenvalue weighted by molar-refractivity contribution is 7.93. The van der Waals surface area contributed by atoms with Gasteiger partial charge in [0, 0.05) is 12.2 Å². The Labute approximate surface area is 121 Å². The van der Waals surface area contributed by atoms with Crippen LogP contribution in [0.1, 0.15) is 17.0 Å². The molecule has 2 aromatic rings. The number of anilines is 2. The second kappa shape index (κ2) is 5.02. The van der Waals surface area contributed by atoms with E-state index in [0.29, 0.717) is 5.13 Å². The Morgan fingerprint density at radius 1 is 1.35 bits per heavy atom. The van der Waals surface area contributed by atoms with Crippen LogP contribution in [0.5, 0.6) is 0 Å². The van der Waals surface area contributed by atoms with Crippen LogP contribution in [0.4, 0.5) is 10.8 Å². The molecule has 0 fully saturated rings. The Kier molecular flexibility index (Phi) is 3.35. The van der Waals surface area contributed by atoms with E-state index in [2.05, 4.69) is 20.2 Å². The molecule has 6 nitrogen and oxygen atoms in total. The molecule has 0 spiro atoms. The van der Waals surface area contributed by atoms with E-state index in [1.165, 1.54) is 11.3 Å². The van der Waals surface area contributed by atoms with Crippen molar-refractivity contribution < 1.29 is 8.42 Å². The average Bonchev–Trinajstić information content (AvgIpc) is 2.83. The summed E-state index contributed by atoms with van der Waals surface area (Å²) in [6.45, 7) is 2.71. The van der Waals surface area contributed by atoms with E-state index in [4.69, 9.17) is 0 Å². The van der Waals surface area contributed by atoms with Crippen molar-refractivity contribution in [2.24, 2.45) is 0 Å². The summed E-state index contributed by atoms with van der Waals surface area (Å²) in [6.07, 6.45) is 1.91. The number of fused-ring (bicyclic) bond motifs is 1. The molecule has 2 N–H and O–H groups in total. The molecule has 0 unspecified atom stereocenters. The third kappa shape index (κ3) is 2.61. The van der Waals surface area contributed by atoms with Crippen LogP contribution < -0.4 is 10.0 Å². The summed E-state index contributed by atoms with van der Waals surface area (Å²) in [5.74, 6) is 0. The van der Waals surface area contributed by atoms with Crippen molar-refractivity contribution in [2.45, 2.75) is 24.7 Å². The first-order valence-corrected chi connectivity index (χ1v) is 8.54. The van der Waals surface area contributed by atoms with Crippen LogP contribution in [0.3, 0.4) is 0 Å². The molecule has 2 heterocycles. The molecular formula is C12H14N4O2S2. The summed E-state index contributed by atoms with van der Waals surface area (Å²) in [5, 5.41) is 11.8. The van der Waals surface area contributed by atoms with E-state index in [9.17, 15) is 8.42 Å². The van der Waals surface area contributed by atoms with Crippen molar-refractivity contribution in [1.82, 2.24) is 10.2 Å². The van der Waals surface area contributed by atoms with E-state index in [1.54, 1.807) is 19.1 Å². The van der Waals surface area contributed by atoms with Gasteiger partial charge in [-0.15, -0.1) is 10.2 Å². The lowest BCUT2D eigenvalue weighted by molar-refractivity contribution is 0.601. The molecule has 3 rings (SSSR count). The van der Waals surface area contributed by atoms with Crippen LogP contribution in [0, 0.1) is 6.92 Å². The zero-order chi connectivity index (χ0) is 14.2. The van der Waals surface area contributed by atoms with Crippen LogP contribution in [0.2, 0.25) is 0 Å². The lowest BCUT2D eigenvalue weighted by Crippen LogP contribution is -2.16. The Bertz CT molecular complexity index is 740. The van der Waals surface area contributed by atoms with Gasteiger partial charge in [-0.3, -0.25) is 4.72 Å². The van der Waals surface area contributed by atoms with Gasteiger partial charge in [0.15, 0.2) is 0 Å². The first-order chi connectivity index (χ1) is 9.54. The topological polar surface area (TPSA) is 84.0 Å². The largest absolute Gasteiger partial charge is 0.385 e. The molecule has 1 aliphatic heterocycles. The minimum atomic E-state index is -3.60. The summed E-state index contributed by atoms with van der Waals surface area (Å²) >= 11 is 1.21. The smallest absolute Gasteiger partial charge is 0.263 e. The molecule has 0 amide bonds. The van der Waals surface area contributed by atoms with Crippen molar-refractivity contribution >= 4 is 32.2 Å². The molecule has 0 atom stereocenters. The maximum atomic E-state index is 12.3. The number of aryl methyl sites for hydroxylation is 2. The van der Waals surface area contributed by atoms with E-state index in [1.807, 2.05) is 6.07 Å². The molecule has 0 radical (unpaired) electrons. The van der Waals surface area contributed by atoms with Gasteiger partial charge in [0.25, 0.3) is 10.0 Å². The molecule has 20 heavy (non-hydrogen) atoms. The SMILES string of the molecule is Cc1nnc(NS(=O)(=O)c2ccc3c(c2)CCCN3)s1. The Morgan fingerprint density at radius 3 is 2.95 bits per heavy atom. The van der Waals surface area contributed by atoms with Gasteiger partial charge >= 0.3 is 0 Å². The highest BCUT2D eigenvalue weighted by atomic mass is 32.2. The van der Waals surface area contributed by atoms with Gasteiger partial charge in [0.05, 0.1) is 4.90 Å². The molecule has 0 saturated heterocycles. The lowest BCUT2D eigenvalue weighted by atomic mass is 10.0. The highest BCUT2D eigenvalue weighted by Crippen LogP contribution is 2.26. The number of sulfonamides is 1. The minimum absolute atomic E-state index is 0.257. The van der Waals surface area contributed by atoms with Gasteiger partial charge in [-0.2, -0.15) is 0 Å². The van der Waals surface area contributed by atoms with E-state index in [0.717, 1.165) is 35.6 Å². The molecule has 1 aromatic heterocycles. The molecular weight excluding hydrogens is 296 g/mol. The monoisotopic (exact) mass is 310 g/mol. The normalized spacial score (nSPS) is 14.4. The van der Waals surface area contributed by atoms with Crippen molar-refractivity contribution in [3.05, 3.63) is 28.8 Å². The summed E-state index contributed by atoms with van der Waals surface area (Å²) < 4.78 is 27.1. The first kappa shape index (κ1) is 13.3. The number of rotatable bonds is 3. The van der Waals surface area contributed by atoms with Gasteiger partial charge in [-0.05, 0) is 43.5 Å². The maximum Gasteiger partial charge on any atom is 0.263 e. The molecule has 1 aliphatic rings. The van der Waals surface area contributed by atoms with Crippen LogP contribution in [0.25, 0.3) is 0 Å². The number of benzene rings is 1. The summed E-state index contributed by atoms with van der Waals surface area (Å²) in [4.78, 5) is 0.257. The third-order valence-corrected chi connectivity index (χ3v) is 5.29.